The molecule has 5 nitrogen and oxygen atoms in total. The van der Waals surface area contributed by atoms with Gasteiger partial charge < -0.3 is 19.7 Å². The number of hydrogen-bond acceptors (Lipinski definition) is 4. The van der Waals surface area contributed by atoms with Gasteiger partial charge in [0.25, 0.3) is 5.91 Å². The summed E-state index contributed by atoms with van der Waals surface area (Å²) in [6.45, 7) is 6.33. The molecule has 2 aromatic rings. The van der Waals surface area contributed by atoms with Gasteiger partial charge in [0.05, 0.1) is 10.2 Å². The van der Waals surface area contributed by atoms with Gasteiger partial charge in [0.15, 0.2) is 18.1 Å². The van der Waals surface area contributed by atoms with Crippen LogP contribution in [-0.4, -0.2) is 42.1 Å². The summed E-state index contributed by atoms with van der Waals surface area (Å²) in [7, 11) is 0. The van der Waals surface area contributed by atoms with Crippen LogP contribution in [0.3, 0.4) is 0 Å². The highest BCUT2D eigenvalue weighted by Crippen LogP contribution is 2.35. The first kappa shape index (κ1) is 22.8. The van der Waals surface area contributed by atoms with E-state index in [4.69, 9.17) is 21.7 Å². The zero-order chi connectivity index (χ0) is 21.5. The largest absolute Gasteiger partial charge is 0.490 e. The van der Waals surface area contributed by atoms with Gasteiger partial charge in [0.2, 0.25) is 0 Å². The highest BCUT2D eigenvalue weighted by Gasteiger charge is 2.20. The molecule has 0 saturated carbocycles. The van der Waals surface area contributed by atoms with Crippen molar-refractivity contribution in [3.05, 3.63) is 51.1 Å². The highest BCUT2D eigenvalue weighted by molar-refractivity contribution is 14.1. The van der Waals surface area contributed by atoms with E-state index in [1.807, 2.05) is 50.2 Å². The molecule has 1 N–H and O–H groups in total. The Morgan fingerprint density at radius 2 is 1.83 bits per heavy atom. The summed E-state index contributed by atoms with van der Waals surface area (Å²) in [6, 6.07) is 11.6. The number of nitrogens with zero attached hydrogens (tertiary/aromatic N) is 1. The van der Waals surface area contributed by atoms with E-state index >= 15 is 0 Å². The van der Waals surface area contributed by atoms with Gasteiger partial charge in [0, 0.05) is 24.3 Å². The summed E-state index contributed by atoms with van der Waals surface area (Å²) < 4.78 is 12.5. The zero-order valence-electron chi connectivity index (χ0n) is 17.4. The van der Waals surface area contributed by atoms with E-state index in [-0.39, 0.29) is 12.5 Å². The van der Waals surface area contributed by atoms with Crippen molar-refractivity contribution >= 4 is 51.4 Å². The summed E-state index contributed by atoms with van der Waals surface area (Å²) in [5.74, 6) is 0.966. The number of rotatable bonds is 7. The lowest BCUT2D eigenvalue weighted by Crippen LogP contribution is -2.35. The van der Waals surface area contributed by atoms with Crippen molar-refractivity contribution in [1.82, 2.24) is 4.90 Å². The molecule has 1 aliphatic rings. The minimum atomic E-state index is -0.218. The minimum Gasteiger partial charge on any atom is -0.490 e. The van der Waals surface area contributed by atoms with Crippen molar-refractivity contribution in [2.75, 3.05) is 31.6 Å². The second kappa shape index (κ2) is 10.9. The zero-order valence-corrected chi connectivity index (χ0v) is 20.3. The normalized spacial score (nSPS) is 13.6. The monoisotopic (exact) mass is 538 g/mol. The Kier molecular flexibility index (Phi) is 8.32. The van der Waals surface area contributed by atoms with E-state index < -0.39 is 0 Å². The van der Waals surface area contributed by atoms with Gasteiger partial charge in [-0.2, -0.15) is 0 Å². The number of thiocarbonyl (C=S) groups is 1. The maximum absolute atomic E-state index is 12.3. The predicted octanol–water partition coefficient (Wildman–Crippen LogP) is 5.18. The maximum atomic E-state index is 12.3. The van der Waals surface area contributed by atoms with Crippen molar-refractivity contribution in [3.63, 3.8) is 0 Å². The first-order chi connectivity index (χ1) is 14.5. The first-order valence-corrected chi connectivity index (χ1v) is 11.7. The highest BCUT2D eigenvalue weighted by atomic mass is 127. The summed E-state index contributed by atoms with van der Waals surface area (Å²) >= 11 is 7.95. The summed E-state index contributed by atoms with van der Waals surface area (Å²) in [6.07, 6.45) is 3.61. The topological polar surface area (TPSA) is 50.8 Å². The molecule has 0 unspecified atom stereocenters. The molecule has 0 spiro atoms. The molecule has 2 aromatic carbocycles. The molecule has 1 aliphatic heterocycles. The number of benzene rings is 2. The number of carbonyl (C=O) groups is 1. The lowest BCUT2D eigenvalue weighted by atomic mass is 10.1. The van der Waals surface area contributed by atoms with Crippen LogP contribution in [0.2, 0.25) is 0 Å². The number of ether oxygens (including phenoxy) is 2. The quantitative estimate of drug-likeness (QED) is 0.389. The number of halogens is 1. The number of piperidine rings is 1. The molecule has 1 fully saturated rings. The number of hydrogen-bond donors (Lipinski definition) is 1. The molecule has 0 aliphatic carbocycles. The fourth-order valence-corrected chi connectivity index (χ4v) is 4.40. The van der Waals surface area contributed by atoms with Crippen LogP contribution >= 0.6 is 34.8 Å². The van der Waals surface area contributed by atoms with Crippen molar-refractivity contribution in [1.29, 1.82) is 0 Å². The molecule has 1 heterocycles. The molecule has 7 heteroatoms. The minimum absolute atomic E-state index is 0.0974. The number of anilines is 1. The fourth-order valence-electron chi connectivity index (χ4n) is 3.35. The van der Waals surface area contributed by atoms with Crippen LogP contribution in [-0.2, 0) is 4.79 Å². The third-order valence-corrected chi connectivity index (χ3v) is 6.18. The number of aryl methyl sites for hydroxylation is 1. The van der Waals surface area contributed by atoms with E-state index in [9.17, 15) is 4.79 Å². The molecular formula is C23H27IN2O3S. The van der Waals surface area contributed by atoms with Crippen LogP contribution in [0.15, 0.2) is 36.4 Å². The Balaban J connectivity index is 1.71. The van der Waals surface area contributed by atoms with Gasteiger partial charge in [0.1, 0.15) is 4.99 Å². The predicted molar refractivity (Wildman–Crippen MR) is 133 cm³/mol. The first-order valence-electron chi connectivity index (χ1n) is 10.2. The average Bonchev–Trinajstić information content (AvgIpc) is 2.75. The maximum Gasteiger partial charge on any atom is 0.262 e. The van der Waals surface area contributed by atoms with E-state index in [0.29, 0.717) is 18.1 Å². The van der Waals surface area contributed by atoms with Crippen molar-refractivity contribution < 1.29 is 14.3 Å². The fraction of sp³-hybridized carbons (Fsp3) is 0.391. The van der Waals surface area contributed by atoms with Gasteiger partial charge in [-0.1, -0.05) is 29.9 Å². The average molecular weight is 538 g/mol. The second-order valence-electron chi connectivity index (χ2n) is 7.27. The van der Waals surface area contributed by atoms with Crippen molar-refractivity contribution in [2.45, 2.75) is 33.1 Å². The molecule has 0 radical (unpaired) electrons. The second-order valence-corrected chi connectivity index (χ2v) is 8.82. The third kappa shape index (κ3) is 6.07. The molecule has 3 rings (SSSR count). The number of nitrogens with one attached hydrogen (secondary N) is 1. The van der Waals surface area contributed by atoms with Gasteiger partial charge in [-0.15, -0.1) is 0 Å². The Morgan fingerprint density at radius 3 is 2.50 bits per heavy atom. The smallest absolute Gasteiger partial charge is 0.262 e. The Hall–Kier alpha value is -1.87. The van der Waals surface area contributed by atoms with Gasteiger partial charge in [-0.25, -0.2) is 0 Å². The molecule has 1 amide bonds. The summed E-state index contributed by atoms with van der Waals surface area (Å²) in [5.41, 5.74) is 2.84. The van der Waals surface area contributed by atoms with Crippen LogP contribution in [0.4, 0.5) is 5.69 Å². The molecule has 0 aromatic heterocycles. The van der Waals surface area contributed by atoms with E-state index in [1.165, 1.54) is 19.3 Å². The van der Waals surface area contributed by atoms with E-state index in [0.717, 1.165) is 38.5 Å². The van der Waals surface area contributed by atoms with Gasteiger partial charge in [-0.05, 0) is 80.0 Å². The molecule has 0 atom stereocenters. The van der Waals surface area contributed by atoms with Crippen LogP contribution in [0.1, 0.15) is 37.3 Å². The summed E-state index contributed by atoms with van der Waals surface area (Å²) in [4.78, 5) is 15.4. The number of likely N-dealkylation sites (tertiary alicyclic amines) is 1. The lowest BCUT2D eigenvalue weighted by molar-refractivity contribution is -0.118. The lowest BCUT2D eigenvalue weighted by Gasteiger charge is -2.29. The Bertz CT molecular complexity index is 896. The van der Waals surface area contributed by atoms with Crippen molar-refractivity contribution in [3.8, 4) is 11.5 Å². The van der Waals surface area contributed by atoms with Crippen LogP contribution < -0.4 is 14.8 Å². The van der Waals surface area contributed by atoms with E-state index in [1.54, 1.807) is 0 Å². The van der Waals surface area contributed by atoms with Crippen molar-refractivity contribution in [2.24, 2.45) is 0 Å². The van der Waals surface area contributed by atoms with Gasteiger partial charge >= 0.3 is 0 Å². The Morgan fingerprint density at radius 1 is 1.13 bits per heavy atom. The third-order valence-electron chi connectivity index (χ3n) is 4.88. The van der Waals surface area contributed by atoms with Crippen LogP contribution in [0.25, 0.3) is 0 Å². The molecule has 160 valence electrons. The molecule has 0 bridgehead atoms. The standard InChI is InChI=1S/C23H27IN2O3S/c1-3-28-20-14-17(23(30)26-11-5-4-6-12-26)13-19(24)22(20)29-15-21(27)25-18-9-7-16(2)8-10-18/h7-10,13-14H,3-6,11-12,15H2,1-2H3,(H,25,27). The van der Waals surface area contributed by atoms with Crippen LogP contribution in [0.5, 0.6) is 11.5 Å². The van der Waals surface area contributed by atoms with E-state index in [2.05, 4.69) is 32.8 Å². The Labute approximate surface area is 197 Å². The number of amides is 1. The number of carbonyl (C=O) groups excluding carboxylic acids is 1. The molecule has 1 saturated heterocycles. The van der Waals surface area contributed by atoms with Gasteiger partial charge in [-0.3, -0.25) is 4.79 Å². The SMILES string of the molecule is CCOc1cc(C(=S)N2CCCCC2)cc(I)c1OCC(=O)Nc1ccc(C)cc1. The summed E-state index contributed by atoms with van der Waals surface area (Å²) in [5, 5.41) is 2.85. The molecular weight excluding hydrogens is 511 g/mol. The molecule has 30 heavy (non-hydrogen) atoms. The van der Waals surface area contributed by atoms with Crippen LogP contribution in [0, 0.1) is 10.5 Å².